The fourth-order valence-electron chi connectivity index (χ4n) is 2.06. The predicted molar refractivity (Wildman–Crippen MR) is 82.5 cm³/mol. The molecule has 0 radical (unpaired) electrons. The summed E-state index contributed by atoms with van der Waals surface area (Å²) in [6.45, 7) is 6.54. The summed E-state index contributed by atoms with van der Waals surface area (Å²) >= 11 is 0. The van der Waals surface area contributed by atoms with E-state index in [-0.39, 0.29) is 5.91 Å². The van der Waals surface area contributed by atoms with Crippen molar-refractivity contribution in [2.24, 2.45) is 0 Å². The number of nitrogens with one attached hydrogen (secondary N) is 1. The molecule has 2 nitrogen and oxygen atoms in total. The van der Waals surface area contributed by atoms with Crippen molar-refractivity contribution < 1.29 is 4.79 Å². The molecule has 0 atom stereocenters. The standard InChI is InChI=1S/C17H27NO/c1-4-5-6-7-8-9-17(19)18-16-12-10-15(11-13-16)14(2)3/h10-14H,4-9H2,1-3H3,(H,18,19). The molecule has 0 spiro atoms. The highest BCUT2D eigenvalue weighted by atomic mass is 16.1. The summed E-state index contributed by atoms with van der Waals surface area (Å²) in [7, 11) is 0. The molecule has 19 heavy (non-hydrogen) atoms. The van der Waals surface area contributed by atoms with Crippen LogP contribution in [0.3, 0.4) is 0 Å². The molecule has 2 heteroatoms. The van der Waals surface area contributed by atoms with Gasteiger partial charge < -0.3 is 5.32 Å². The molecule has 1 aromatic rings. The molecule has 106 valence electrons. The number of rotatable bonds is 8. The van der Waals surface area contributed by atoms with Crippen LogP contribution in [0.15, 0.2) is 24.3 Å². The summed E-state index contributed by atoms with van der Waals surface area (Å²) in [4.78, 5) is 11.8. The van der Waals surface area contributed by atoms with Crippen LogP contribution >= 0.6 is 0 Å². The van der Waals surface area contributed by atoms with Gasteiger partial charge in [0.15, 0.2) is 0 Å². The lowest BCUT2D eigenvalue weighted by atomic mass is 10.0. The van der Waals surface area contributed by atoms with E-state index in [1.807, 2.05) is 12.1 Å². The molecule has 0 heterocycles. The van der Waals surface area contributed by atoms with E-state index in [2.05, 4.69) is 38.2 Å². The number of carbonyl (C=O) groups excluding carboxylic acids is 1. The van der Waals surface area contributed by atoms with E-state index < -0.39 is 0 Å². The summed E-state index contributed by atoms with van der Waals surface area (Å²) in [5, 5.41) is 2.96. The first kappa shape index (κ1) is 15.7. The maximum absolute atomic E-state index is 11.8. The Morgan fingerprint density at radius 3 is 2.26 bits per heavy atom. The van der Waals surface area contributed by atoms with Gasteiger partial charge in [0.05, 0.1) is 0 Å². The molecule has 1 aromatic carbocycles. The van der Waals surface area contributed by atoms with Crippen molar-refractivity contribution >= 4 is 11.6 Å². The Labute approximate surface area is 117 Å². The first-order chi connectivity index (χ1) is 9.13. The number of amides is 1. The van der Waals surface area contributed by atoms with Crippen molar-refractivity contribution in [3.63, 3.8) is 0 Å². The topological polar surface area (TPSA) is 29.1 Å². The predicted octanol–water partition coefficient (Wildman–Crippen LogP) is 5.11. The van der Waals surface area contributed by atoms with Gasteiger partial charge in [-0.2, -0.15) is 0 Å². The molecule has 1 amide bonds. The van der Waals surface area contributed by atoms with E-state index in [0.29, 0.717) is 12.3 Å². The molecule has 0 aliphatic rings. The second-order valence-electron chi connectivity index (χ2n) is 5.49. The van der Waals surface area contributed by atoms with E-state index in [4.69, 9.17) is 0 Å². The van der Waals surface area contributed by atoms with Gasteiger partial charge >= 0.3 is 0 Å². The van der Waals surface area contributed by atoms with Crippen LogP contribution in [0.25, 0.3) is 0 Å². The first-order valence-corrected chi connectivity index (χ1v) is 7.53. The van der Waals surface area contributed by atoms with E-state index in [1.165, 1.54) is 24.8 Å². The van der Waals surface area contributed by atoms with Crippen LogP contribution in [0.1, 0.15) is 70.8 Å². The summed E-state index contributed by atoms with van der Waals surface area (Å²) in [5.74, 6) is 0.664. The van der Waals surface area contributed by atoms with Crippen molar-refractivity contribution in [1.29, 1.82) is 0 Å². The number of unbranched alkanes of at least 4 members (excludes halogenated alkanes) is 4. The second-order valence-corrected chi connectivity index (χ2v) is 5.49. The van der Waals surface area contributed by atoms with Crippen molar-refractivity contribution in [2.45, 2.75) is 65.2 Å². The number of hydrogen-bond donors (Lipinski definition) is 1. The molecule has 0 aliphatic carbocycles. The van der Waals surface area contributed by atoms with Crippen LogP contribution < -0.4 is 5.32 Å². The number of carbonyl (C=O) groups is 1. The lowest BCUT2D eigenvalue weighted by Gasteiger charge is -2.08. The van der Waals surface area contributed by atoms with Gasteiger partial charge in [0, 0.05) is 12.1 Å². The maximum atomic E-state index is 11.8. The third kappa shape index (κ3) is 6.42. The summed E-state index contributed by atoms with van der Waals surface area (Å²) in [5.41, 5.74) is 2.21. The number of benzene rings is 1. The molecule has 1 N–H and O–H groups in total. The minimum absolute atomic E-state index is 0.133. The van der Waals surface area contributed by atoms with Crippen molar-refractivity contribution in [3.8, 4) is 0 Å². The van der Waals surface area contributed by atoms with Gasteiger partial charge in [0.25, 0.3) is 0 Å². The maximum Gasteiger partial charge on any atom is 0.224 e. The van der Waals surface area contributed by atoms with Gasteiger partial charge in [-0.1, -0.05) is 58.6 Å². The molecule has 0 saturated carbocycles. The molecular formula is C17H27NO. The molecule has 0 aliphatic heterocycles. The average molecular weight is 261 g/mol. The zero-order valence-electron chi connectivity index (χ0n) is 12.5. The fourth-order valence-corrected chi connectivity index (χ4v) is 2.06. The molecule has 0 bridgehead atoms. The van der Waals surface area contributed by atoms with Crippen molar-refractivity contribution in [3.05, 3.63) is 29.8 Å². The lowest BCUT2D eigenvalue weighted by molar-refractivity contribution is -0.116. The Kier molecular flexibility index (Phi) is 7.24. The van der Waals surface area contributed by atoms with Gasteiger partial charge in [-0.15, -0.1) is 0 Å². The van der Waals surface area contributed by atoms with E-state index in [9.17, 15) is 4.79 Å². The second kappa shape index (κ2) is 8.73. The molecular weight excluding hydrogens is 234 g/mol. The third-order valence-electron chi connectivity index (χ3n) is 3.37. The minimum atomic E-state index is 0.133. The molecule has 1 rings (SSSR count). The Balaban J connectivity index is 2.28. The largest absolute Gasteiger partial charge is 0.326 e. The highest BCUT2D eigenvalue weighted by molar-refractivity contribution is 5.90. The van der Waals surface area contributed by atoms with Gasteiger partial charge in [-0.25, -0.2) is 0 Å². The normalized spacial score (nSPS) is 10.7. The van der Waals surface area contributed by atoms with Crippen LogP contribution in [-0.4, -0.2) is 5.91 Å². The minimum Gasteiger partial charge on any atom is -0.326 e. The molecule has 0 aromatic heterocycles. The molecule has 0 saturated heterocycles. The fraction of sp³-hybridized carbons (Fsp3) is 0.588. The average Bonchev–Trinajstić information content (AvgIpc) is 2.39. The van der Waals surface area contributed by atoms with Gasteiger partial charge in [-0.3, -0.25) is 4.79 Å². The SMILES string of the molecule is CCCCCCCC(=O)Nc1ccc(C(C)C)cc1. The smallest absolute Gasteiger partial charge is 0.224 e. The van der Waals surface area contributed by atoms with E-state index in [0.717, 1.165) is 18.5 Å². The van der Waals surface area contributed by atoms with Crippen LogP contribution in [0.4, 0.5) is 5.69 Å². The third-order valence-corrected chi connectivity index (χ3v) is 3.37. The first-order valence-electron chi connectivity index (χ1n) is 7.53. The summed E-state index contributed by atoms with van der Waals surface area (Å²) in [6.07, 6.45) is 6.55. The Morgan fingerprint density at radius 2 is 1.68 bits per heavy atom. The Hall–Kier alpha value is -1.31. The van der Waals surface area contributed by atoms with Crippen LogP contribution in [-0.2, 0) is 4.79 Å². The van der Waals surface area contributed by atoms with Crippen molar-refractivity contribution in [1.82, 2.24) is 0 Å². The quantitative estimate of drug-likeness (QED) is 0.647. The zero-order chi connectivity index (χ0) is 14.1. The zero-order valence-corrected chi connectivity index (χ0v) is 12.5. The van der Waals surface area contributed by atoms with Crippen LogP contribution in [0.5, 0.6) is 0 Å². The summed E-state index contributed by atoms with van der Waals surface area (Å²) in [6, 6.07) is 8.15. The Morgan fingerprint density at radius 1 is 1.05 bits per heavy atom. The van der Waals surface area contributed by atoms with Gasteiger partial charge in [-0.05, 0) is 30.0 Å². The highest BCUT2D eigenvalue weighted by Crippen LogP contribution is 2.17. The number of hydrogen-bond acceptors (Lipinski definition) is 1. The van der Waals surface area contributed by atoms with Crippen LogP contribution in [0.2, 0.25) is 0 Å². The monoisotopic (exact) mass is 261 g/mol. The van der Waals surface area contributed by atoms with Gasteiger partial charge in [0.2, 0.25) is 5.91 Å². The van der Waals surface area contributed by atoms with E-state index in [1.54, 1.807) is 0 Å². The molecule has 0 fully saturated rings. The van der Waals surface area contributed by atoms with Gasteiger partial charge in [0.1, 0.15) is 0 Å². The molecule has 0 unspecified atom stereocenters. The van der Waals surface area contributed by atoms with Crippen LogP contribution in [0, 0.1) is 0 Å². The highest BCUT2D eigenvalue weighted by Gasteiger charge is 2.03. The lowest BCUT2D eigenvalue weighted by Crippen LogP contribution is -2.11. The summed E-state index contributed by atoms with van der Waals surface area (Å²) < 4.78 is 0. The Bertz CT molecular complexity index is 367. The van der Waals surface area contributed by atoms with Crippen molar-refractivity contribution in [2.75, 3.05) is 5.32 Å². The van der Waals surface area contributed by atoms with E-state index >= 15 is 0 Å². The number of anilines is 1.